The zero-order valence-corrected chi connectivity index (χ0v) is 13.6. The molecule has 0 unspecified atom stereocenters. The van der Waals surface area contributed by atoms with Crippen molar-refractivity contribution < 1.29 is 0 Å². The van der Waals surface area contributed by atoms with Crippen LogP contribution in [0.2, 0.25) is 0 Å². The van der Waals surface area contributed by atoms with E-state index in [0.29, 0.717) is 5.88 Å². The van der Waals surface area contributed by atoms with Crippen LogP contribution in [0.3, 0.4) is 0 Å². The monoisotopic (exact) mass is 294 g/mol. The van der Waals surface area contributed by atoms with Crippen molar-refractivity contribution in [1.82, 2.24) is 4.98 Å². The van der Waals surface area contributed by atoms with Gasteiger partial charge in [-0.1, -0.05) is 33.1 Å². The first-order valence-corrected chi connectivity index (χ1v) is 8.61. The Morgan fingerprint density at radius 2 is 1.95 bits per heavy atom. The van der Waals surface area contributed by atoms with E-state index < -0.39 is 0 Å². The van der Waals surface area contributed by atoms with Crippen LogP contribution in [0.15, 0.2) is 12.1 Å². The van der Waals surface area contributed by atoms with Gasteiger partial charge in [0.05, 0.1) is 0 Å². The van der Waals surface area contributed by atoms with E-state index in [2.05, 4.69) is 30.9 Å². The van der Waals surface area contributed by atoms with E-state index >= 15 is 0 Å². The van der Waals surface area contributed by atoms with E-state index in [1.54, 1.807) is 0 Å². The summed E-state index contributed by atoms with van der Waals surface area (Å²) in [5.41, 5.74) is 2.40. The van der Waals surface area contributed by atoms with Crippen molar-refractivity contribution in [2.24, 2.45) is 5.92 Å². The molecule has 0 spiro atoms. The lowest BCUT2D eigenvalue weighted by atomic mass is 9.92. The lowest BCUT2D eigenvalue weighted by Gasteiger charge is -2.33. The fourth-order valence-electron chi connectivity index (χ4n) is 3.12. The van der Waals surface area contributed by atoms with E-state index in [1.807, 2.05) is 0 Å². The van der Waals surface area contributed by atoms with Crippen molar-refractivity contribution in [3.63, 3.8) is 0 Å². The Balaban J connectivity index is 2.06. The second-order valence-electron chi connectivity index (χ2n) is 5.93. The molecule has 0 N–H and O–H groups in total. The Kier molecular flexibility index (Phi) is 6.15. The van der Waals surface area contributed by atoms with Gasteiger partial charge in [0.1, 0.15) is 5.82 Å². The molecule has 2 nitrogen and oxygen atoms in total. The number of aromatic nitrogens is 1. The van der Waals surface area contributed by atoms with Crippen LogP contribution in [0.4, 0.5) is 5.82 Å². The lowest BCUT2D eigenvalue weighted by Crippen LogP contribution is -2.34. The molecule has 112 valence electrons. The van der Waals surface area contributed by atoms with Crippen LogP contribution in [0.5, 0.6) is 0 Å². The van der Waals surface area contributed by atoms with Crippen LogP contribution in [0.25, 0.3) is 0 Å². The van der Waals surface area contributed by atoms with Gasteiger partial charge < -0.3 is 4.90 Å². The van der Waals surface area contributed by atoms with Gasteiger partial charge in [-0.3, -0.25) is 0 Å². The highest BCUT2D eigenvalue weighted by atomic mass is 35.5. The molecule has 1 aromatic rings. The lowest BCUT2D eigenvalue weighted by molar-refractivity contribution is 0.377. The van der Waals surface area contributed by atoms with Crippen molar-refractivity contribution in [2.45, 2.75) is 58.3 Å². The Labute approximate surface area is 128 Å². The Hall–Kier alpha value is -0.760. The van der Waals surface area contributed by atoms with Gasteiger partial charge in [0.2, 0.25) is 0 Å². The third-order valence-corrected chi connectivity index (χ3v) is 4.53. The summed E-state index contributed by atoms with van der Waals surface area (Å²) in [7, 11) is 0. The molecule has 1 saturated heterocycles. The van der Waals surface area contributed by atoms with Gasteiger partial charge in [-0.2, -0.15) is 0 Å². The molecule has 0 atom stereocenters. The molecule has 2 rings (SSSR count). The van der Waals surface area contributed by atoms with E-state index in [-0.39, 0.29) is 0 Å². The zero-order valence-electron chi connectivity index (χ0n) is 12.9. The largest absolute Gasteiger partial charge is 0.357 e. The fraction of sp³-hybridized carbons (Fsp3) is 0.706. The van der Waals surface area contributed by atoms with Gasteiger partial charge in [-0.05, 0) is 42.9 Å². The van der Waals surface area contributed by atoms with Crippen molar-refractivity contribution in [2.75, 3.05) is 18.0 Å². The predicted octanol–water partition coefficient (Wildman–Crippen LogP) is 4.79. The normalized spacial score (nSPS) is 16.6. The first-order chi connectivity index (χ1) is 9.76. The van der Waals surface area contributed by atoms with E-state index in [1.165, 1.54) is 36.9 Å². The second-order valence-corrected chi connectivity index (χ2v) is 6.19. The summed E-state index contributed by atoms with van der Waals surface area (Å²) in [6, 6.07) is 4.33. The highest BCUT2D eigenvalue weighted by molar-refractivity contribution is 6.17. The number of rotatable bonds is 6. The summed E-state index contributed by atoms with van der Waals surface area (Å²) in [6.45, 7) is 6.78. The molecule has 2 heterocycles. The minimum absolute atomic E-state index is 0.582. The average molecular weight is 295 g/mol. The summed E-state index contributed by atoms with van der Waals surface area (Å²) in [5, 5.41) is 0. The number of pyridine rings is 1. The number of anilines is 1. The molecule has 0 aliphatic carbocycles. The Morgan fingerprint density at radius 3 is 2.55 bits per heavy atom. The highest BCUT2D eigenvalue weighted by Crippen LogP contribution is 2.26. The maximum atomic E-state index is 6.03. The SMILES string of the molecule is CCCc1cc(CCl)cc(N2CCC(CCC)CC2)n1. The number of aryl methyl sites for hydroxylation is 1. The van der Waals surface area contributed by atoms with Crippen molar-refractivity contribution in [3.8, 4) is 0 Å². The summed E-state index contributed by atoms with van der Waals surface area (Å²) < 4.78 is 0. The topological polar surface area (TPSA) is 16.1 Å². The smallest absolute Gasteiger partial charge is 0.129 e. The molecule has 3 heteroatoms. The number of halogens is 1. The molecule has 20 heavy (non-hydrogen) atoms. The van der Waals surface area contributed by atoms with Gasteiger partial charge in [0.25, 0.3) is 0 Å². The van der Waals surface area contributed by atoms with E-state index in [0.717, 1.165) is 37.7 Å². The molecule has 1 aliphatic heterocycles. The van der Waals surface area contributed by atoms with Crippen LogP contribution in [0, 0.1) is 5.92 Å². The number of hydrogen-bond acceptors (Lipinski definition) is 2. The first-order valence-electron chi connectivity index (χ1n) is 8.07. The molecule has 0 amide bonds. The number of hydrogen-bond donors (Lipinski definition) is 0. The summed E-state index contributed by atoms with van der Waals surface area (Å²) >= 11 is 6.03. The minimum Gasteiger partial charge on any atom is -0.357 e. The van der Waals surface area contributed by atoms with Crippen molar-refractivity contribution >= 4 is 17.4 Å². The second kappa shape index (κ2) is 7.87. The molecule has 0 radical (unpaired) electrons. The molecular weight excluding hydrogens is 268 g/mol. The van der Waals surface area contributed by atoms with Gasteiger partial charge >= 0.3 is 0 Å². The number of alkyl halides is 1. The van der Waals surface area contributed by atoms with Crippen LogP contribution >= 0.6 is 11.6 Å². The molecule has 1 aromatic heterocycles. The molecular formula is C17H27ClN2. The summed E-state index contributed by atoms with van der Waals surface area (Å²) in [6.07, 6.45) is 7.49. The van der Waals surface area contributed by atoms with Gasteiger partial charge in [-0.25, -0.2) is 4.98 Å². The minimum atomic E-state index is 0.582. The molecule has 0 saturated carbocycles. The van der Waals surface area contributed by atoms with Crippen LogP contribution in [0.1, 0.15) is 57.2 Å². The standard InChI is InChI=1S/C17H27ClN2/c1-3-5-14-7-9-20(10-8-14)17-12-15(13-18)11-16(19-17)6-4-2/h11-12,14H,3-10,13H2,1-2H3. The number of piperidine rings is 1. The van der Waals surface area contributed by atoms with Crippen LogP contribution < -0.4 is 4.90 Å². The van der Waals surface area contributed by atoms with Gasteiger partial charge in [-0.15, -0.1) is 11.6 Å². The molecule has 1 fully saturated rings. The van der Waals surface area contributed by atoms with Crippen LogP contribution in [-0.2, 0) is 12.3 Å². The first kappa shape index (κ1) is 15.6. The quantitative estimate of drug-likeness (QED) is 0.701. The fourth-order valence-corrected chi connectivity index (χ4v) is 3.27. The maximum absolute atomic E-state index is 6.03. The van der Waals surface area contributed by atoms with Crippen LogP contribution in [-0.4, -0.2) is 18.1 Å². The van der Waals surface area contributed by atoms with Gasteiger partial charge in [0.15, 0.2) is 0 Å². The van der Waals surface area contributed by atoms with Gasteiger partial charge in [0, 0.05) is 24.7 Å². The summed E-state index contributed by atoms with van der Waals surface area (Å²) in [5.74, 6) is 2.64. The van der Waals surface area contributed by atoms with E-state index in [4.69, 9.17) is 16.6 Å². The van der Waals surface area contributed by atoms with Crippen molar-refractivity contribution in [3.05, 3.63) is 23.4 Å². The molecule has 0 aromatic carbocycles. The maximum Gasteiger partial charge on any atom is 0.129 e. The average Bonchev–Trinajstić information content (AvgIpc) is 2.48. The third-order valence-electron chi connectivity index (χ3n) is 4.22. The third kappa shape index (κ3) is 4.12. The Morgan fingerprint density at radius 1 is 1.20 bits per heavy atom. The Bertz CT molecular complexity index is 411. The summed E-state index contributed by atoms with van der Waals surface area (Å²) in [4.78, 5) is 7.28. The van der Waals surface area contributed by atoms with E-state index in [9.17, 15) is 0 Å². The number of nitrogens with zero attached hydrogens (tertiary/aromatic N) is 2. The predicted molar refractivity (Wildman–Crippen MR) is 87.6 cm³/mol. The zero-order chi connectivity index (χ0) is 14.4. The highest BCUT2D eigenvalue weighted by Gasteiger charge is 2.20. The molecule has 1 aliphatic rings. The van der Waals surface area contributed by atoms with Crippen molar-refractivity contribution in [1.29, 1.82) is 0 Å². The molecule has 0 bridgehead atoms.